The molecule has 8 nitrogen and oxygen atoms in total. The highest BCUT2D eigenvalue weighted by Gasteiger charge is 2.22. The molecular weight excluding hydrogens is 296 g/mol. The van der Waals surface area contributed by atoms with Gasteiger partial charge in [-0.3, -0.25) is 4.79 Å². The Kier molecular flexibility index (Phi) is 5.75. The highest BCUT2D eigenvalue weighted by atomic mass is 16.3. The minimum Gasteiger partial charge on any atom is -0.395 e. The number of aliphatic hydroxyl groups excluding tert-OH is 1. The van der Waals surface area contributed by atoms with Crippen LogP contribution in [-0.2, 0) is 4.79 Å². The first-order valence-corrected chi connectivity index (χ1v) is 7.82. The molecule has 8 heteroatoms. The van der Waals surface area contributed by atoms with Gasteiger partial charge < -0.3 is 26.8 Å². The molecule has 1 unspecified atom stereocenters. The van der Waals surface area contributed by atoms with Gasteiger partial charge in [-0.15, -0.1) is 0 Å². The van der Waals surface area contributed by atoms with Crippen LogP contribution in [0, 0.1) is 0 Å². The zero-order valence-corrected chi connectivity index (χ0v) is 13.5. The molecule has 23 heavy (non-hydrogen) atoms. The van der Waals surface area contributed by atoms with E-state index in [1.54, 1.807) is 0 Å². The Balaban J connectivity index is 2.24. The highest BCUT2D eigenvalue weighted by Crippen LogP contribution is 2.29. The van der Waals surface area contributed by atoms with Gasteiger partial charge in [0.25, 0.3) is 0 Å². The summed E-state index contributed by atoms with van der Waals surface area (Å²) in [5.41, 5.74) is 7.21. The number of nitrogens with zero attached hydrogens (tertiary/aromatic N) is 2. The van der Waals surface area contributed by atoms with Crippen molar-refractivity contribution in [2.45, 2.75) is 38.8 Å². The Morgan fingerprint density at radius 2 is 2.30 bits per heavy atom. The van der Waals surface area contributed by atoms with E-state index < -0.39 is 6.04 Å². The first kappa shape index (κ1) is 17.0. The number of nitrogens with two attached hydrogens (primary N) is 1. The van der Waals surface area contributed by atoms with Crippen molar-refractivity contribution in [2.75, 3.05) is 29.5 Å². The quantitative estimate of drug-likeness (QED) is 0.497. The van der Waals surface area contributed by atoms with Gasteiger partial charge in [-0.05, 0) is 19.4 Å². The lowest BCUT2D eigenvalue weighted by Crippen LogP contribution is -2.41. The van der Waals surface area contributed by atoms with Crippen LogP contribution in [0.3, 0.4) is 0 Å². The van der Waals surface area contributed by atoms with Crippen molar-refractivity contribution < 1.29 is 9.90 Å². The molecule has 0 saturated carbocycles. The highest BCUT2D eigenvalue weighted by molar-refractivity contribution is 5.87. The van der Waals surface area contributed by atoms with Crippen LogP contribution in [0.4, 0.5) is 17.5 Å². The molecule has 0 aromatic carbocycles. The zero-order valence-electron chi connectivity index (χ0n) is 13.5. The molecule has 0 saturated heterocycles. The molecule has 0 aliphatic carbocycles. The SMILES string of the molecule is CCC[C@H](Nc1nc(N)nc2c1NC(C)C=C2)C(=O)NCCO. The minimum atomic E-state index is -0.451. The maximum atomic E-state index is 12.2. The summed E-state index contributed by atoms with van der Waals surface area (Å²) in [6.07, 6.45) is 5.34. The standard InChI is InChI=1S/C15H24N6O2/c1-3-4-11(14(23)17-7-8-22)19-13-12-10(20-15(16)21-13)6-5-9(2)18-12/h5-6,9,11,18,22H,3-4,7-8H2,1-2H3,(H,17,23)(H3,16,19,20,21)/t9?,11-/m0/s1. The van der Waals surface area contributed by atoms with Crippen molar-refractivity contribution in [3.05, 3.63) is 11.8 Å². The number of anilines is 3. The number of aromatic nitrogens is 2. The normalized spacial score (nSPS) is 17.1. The van der Waals surface area contributed by atoms with Gasteiger partial charge in [0.05, 0.1) is 12.3 Å². The number of hydrogen-bond donors (Lipinski definition) is 5. The summed E-state index contributed by atoms with van der Waals surface area (Å²) >= 11 is 0. The summed E-state index contributed by atoms with van der Waals surface area (Å²) in [6.45, 7) is 4.14. The Hall–Kier alpha value is -2.35. The minimum absolute atomic E-state index is 0.0930. The van der Waals surface area contributed by atoms with Gasteiger partial charge in [-0.1, -0.05) is 19.4 Å². The average molecular weight is 320 g/mol. The summed E-state index contributed by atoms with van der Waals surface area (Å²) in [5, 5.41) is 18.0. The fourth-order valence-corrected chi connectivity index (χ4v) is 2.40. The fourth-order valence-electron chi connectivity index (χ4n) is 2.40. The van der Waals surface area contributed by atoms with Gasteiger partial charge >= 0.3 is 0 Å². The molecule has 126 valence electrons. The number of nitrogen functional groups attached to an aromatic ring is 1. The number of aliphatic hydroxyl groups is 1. The smallest absolute Gasteiger partial charge is 0.242 e. The van der Waals surface area contributed by atoms with Crippen molar-refractivity contribution in [1.29, 1.82) is 0 Å². The van der Waals surface area contributed by atoms with Crippen molar-refractivity contribution in [2.24, 2.45) is 0 Å². The molecule has 1 amide bonds. The Labute approximate surface area is 135 Å². The number of rotatable bonds is 7. The number of fused-ring (bicyclic) bond motifs is 1. The maximum Gasteiger partial charge on any atom is 0.242 e. The summed E-state index contributed by atoms with van der Waals surface area (Å²) in [5.74, 6) is 0.491. The summed E-state index contributed by atoms with van der Waals surface area (Å²) in [6, 6.07) is -0.309. The lowest BCUT2D eigenvalue weighted by atomic mass is 10.1. The van der Waals surface area contributed by atoms with E-state index in [1.807, 2.05) is 26.0 Å². The lowest BCUT2D eigenvalue weighted by Gasteiger charge is -2.24. The van der Waals surface area contributed by atoms with E-state index in [1.165, 1.54) is 0 Å². The van der Waals surface area contributed by atoms with Gasteiger partial charge in [0.2, 0.25) is 11.9 Å². The molecule has 1 aromatic rings. The molecular formula is C15H24N6O2. The molecule has 1 aliphatic rings. The number of amides is 1. The molecule has 0 radical (unpaired) electrons. The van der Waals surface area contributed by atoms with Crippen LogP contribution >= 0.6 is 0 Å². The summed E-state index contributed by atoms with van der Waals surface area (Å²) in [4.78, 5) is 20.7. The zero-order chi connectivity index (χ0) is 16.8. The second kappa shape index (κ2) is 7.77. The van der Waals surface area contributed by atoms with Gasteiger partial charge in [-0.25, -0.2) is 4.98 Å². The average Bonchev–Trinajstić information content (AvgIpc) is 2.52. The van der Waals surface area contributed by atoms with Gasteiger partial charge in [-0.2, -0.15) is 4.98 Å². The number of carbonyl (C=O) groups is 1. The van der Waals surface area contributed by atoms with Crippen LogP contribution in [0.15, 0.2) is 6.08 Å². The predicted octanol–water partition coefficient (Wildman–Crippen LogP) is 0.575. The number of hydrogen-bond acceptors (Lipinski definition) is 7. The van der Waals surface area contributed by atoms with E-state index in [-0.39, 0.29) is 31.0 Å². The third-order valence-corrected chi connectivity index (χ3v) is 3.48. The molecule has 0 spiro atoms. The fraction of sp³-hybridized carbons (Fsp3) is 0.533. The third kappa shape index (κ3) is 4.32. The predicted molar refractivity (Wildman–Crippen MR) is 91.0 cm³/mol. The summed E-state index contributed by atoms with van der Waals surface area (Å²) < 4.78 is 0. The lowest BCUT2D eigenvalue weighted by molar-refractivity contribution is -0.122. The largest absolute Gasteiger partial charge is 0.395 e. The monoisotopic (exact) mass is 320 g/mol. The van der Waals surface area contributed by atoms with E-state index in [9.17, 15) is 4.79 Å². The van der Waals surface area contributed by atoms with Crippen LogP contribution in [0.25, 0.3) is 6.08 Å². The van der Waals surface area contributed by atoms with Crippen molar-refractivity contribution in [3.8, 4) is 0 Å². The van der Waals surface area contributed by atoms with Crippen LogP contribution in [-0.4, -0.2) is 46.2 Å². The molecule has 2 heterocycles. The molecule has 1 aliphatic heterocycles. The topological polar surface area (TPSA) is 125 Å². The first-order chi connectivity index (χ1) is 11.0. The van der Waals surface area contributed by atoms with E-state index in [0.717, 1.165) is 12.1 Å². The van der Waals surface area contributed by atoms with Crippen molar-refractivity contribution in [3.63, 3.8) is 0 Å². The Bertz CT molecular complexity index is 590. The third-order valence-electron chi connectivity index (χ3n) is 3.48. The second-order valence-corrected chi connectivity index (χ2v) is 5.48. The number of carbonyl (C=O) groups excluding carboxylic acids is 1. The van der Waals surface area contributed by atoms with Gasteiger partial charge in [0.1, 0.15) is 11.7 Å². The summed E-state index contributed by atoms with van der Waals surface area (Å²) in [7, 11) is 0. The van der Waals surface area contributed by atoms with Crippen LogP contribution in [0.1, 0.15) is 32.4 Å². The van der Waals surface area contributed by atoms with E-state index in [0.29, 0.717) is 17.9 Å². The van der Waals surface area contributed by atoms with Gasteiger partial charge in [0, 0.05) is 12.6 Å². The van der Waals surface area contributed by atoms with Crippen LogP contribution in [0.2, 0.25) is 0 Å². The molecule has 6 N–H and O–H groups in total. The van der Waals surface area contributed by atoms with Crippen molar-refractivity contribution in [1.82, 2.24) is 15.3 Å². The molecule has 0 bridgehead atoms. The first-order valence-electron chi connectivity index (χ1n) is 7.82. The Morgan fingerprint density at radius 1 is 1.52 bits per heavy atom. The maximum absolute atomic E-state index is 12.2. The van der Waals surface area contributed by atoms with E-state index in [2.05, 4.69) is 25.9 Å². The second-order valence-electron chi connectivity index (χ2n) is 5.48. The van der Waals surface area contributed by atoms with E-state index >= 15 is 0 Å². The van der Waals surface area contributed by atoms with Crippen LogP contribution in [0.5, 0.6) is 0 Å². The van der Waals surface area contributed by atoms with Gasteiger partial charge in [0.15, 0.2) is 5.82 Å². The molecule has 2 rings (SSSR count). The number of nitrogens with one attached hydrogen (secondary N) is 3. The molecule has 1 aromatic heterocycles. The van der Waals surface area contributed by atoms with Crippen LogP contribution < -0.4 is 21.7 Å². The van der Waals surface area contributed by atoms with E-state index in [4.69, 9.17) is 10.8 Å². The molecule has 0 fully saturated rings. The van der Waals surface area contributed by atoms with Crippen molar-refractivity contribution >= 4 is 29.4 Å². The molecule has 2 atom stereocenters. The Morgan fingerprint density at radius 3 is 3.00 bits per heavy atom.